The smallest absolute Gasteiger partial charge is 0.336 e. The van der Waals surface area contributed by atoms with Crippen molar-refractivity contribution in [3.8, 4) is 5.75 Å². The van der Waals surface area contributed by atoms with E-state index in [0.717, 1.165) is 10.9 Å². The molecule has 100 valence electrons. The Morgan fingerprint density at radius 3 is 2.58 bits per heavy atom. The Balaban J connectivity index is 2.84. The zero-order valence-corrected chi connectivity index (χ0v) is 11.4. The maximum atomic E-state index is 11.8. The van der Waals surface area contributed by atoms with Gasteiger partial charge in [-0.3, -0.25) is 4.79 Å². The summed E-state index contributed by atoms with van der Waals surface area (Å²) in [4.78, 5) is 23.3. The second-order valence-electron chi connectivity index (χ2n) is 4.79. The maximum absolute atomic E-state index is 11.8. The quantitative estimate of drug-likeness (QED) is 0.628. The molecule has 19 heavy (non-hydrogen) atoms. The number of aryl methyl sites for hydroxylation is 1. The van der Waals surface area contributed by atoms with Crippen molar-refractivity contribution < 1.29 is 13.9 Å². The molecular weight excluding hydrogens is 244 g/mol. The molecule has 0 fully saturated rings. The van der Waals surface area contributed by atoms with Gasteiger partial charge in [0.25, 0.3) is 0 Å². The van der Waals surface area contributed by atoms with Crippen LogP contribution in [0.3, 0.4) is 0 Å². The minimum absolute atomic E-state index is 0.0629. The molecule has 0 aliphatic carbocycles. The molecule has 4 nitrogen and oxygen atoms in total. The van der Waals surface area contributed by atoms with E-state index in [-0.39, 0.29) is 11.9 Å². The largest absolute Gasteiger partial charge is 0.490 e. The Morgan fingerprint density at radius 2 is 2.00 bits per heavy atom. The molecule has 2 aromatic rings. The van der Waals surface area contributed by atoms with E-state index in [1.54, 1.807) is 12.1 Å². The summed E-state index contributed by atoms with van der Waals surface area (Å²) < 4.78 is 10.8. The molecule has 0 bridgehead atoms. The van der Waals surface area contributed by atoms with Gasteiger partial charge in [-0.15, -0.1) is 0 Å². The third-order valence-corrected chi connectivity index (χ3v) is 2.80. The average Bonchev–Trinajstić information content (AvgIpc) is 2.26. The number of ether oxygens (including phenoxy) is 1. The van der Waals surface area contributed by atoms with Crippen molar-refractivity contribution in [2.75, 3.05) is 0 Å². The van der Waals surface area contributed by atoms with E-state index in [1.165, 1.54) is 13.0 Å². The summed E-state index contributed by atoms with van der Waals surface area (Å²) >= 11 is 0. The van der Waals surface area contributed by atoms with E-state index in [0.29, 0.717) is 16.9 Å². The summed E-state index contributed by atoms with van der Waals surface area (Å²) in [6.45, 7) is 7.00. The number of Topliss-reactive ketones (excluding diaryl/α,β-unsaturated/α-hetero) is 1. The first-order valence-electron chi connectivity index (χ1n) is 6.15. The molecule has 0 aliphatic rings. The minimum Gasteiger partial charge on any atom is -0.490 e. The first-order valence-corrected chi connectivity index (χ1v) is 6.15. The van der Waals surface area contributed by atoms with Gasteiger partial charge in [0, 0.05) is 11.5 Å². The predicted octanol–water partition coefficient (Wildman–Crippen LogP) is 3.09. The number of hydrogen-bond acceptors (Lipinski definition) is 4. The molecule has 0 amide bonds. The van der Waals surface area contributed by atoms with Crippen LogP contribution in [0.1, 0.15) is 36.7 Å². The normalized spacial score (nSPS) is 11.0. The predicted molar refractivity (Wildman–Crippen MR) is 73.0 cm³/mol. The molecule has 1 aromatic carbocycles. The van der Waals surface area contributed by atoms with Crippen LogP contribution in [0.15, 0.2) is 27.4 Å². The molecule has 1 heterocycles. The van der Waals surface area contributed by atoms with Gasteiger partial charge in [0.15, 0.2) is 11.4 Å². The van der Waals surface area contributed by atoms with E-state index in [9.17, 15) is 9.59 Å². The Morgan fingerprint density at radius 1 is 1.32 bits per heavy atom. The third-order valence-electron chi connectivity index (χ3n) is 2.80. The van der Waals surface area contributed by atoms with Gasteiger partial charge in [0.1, 0.15) is 11.3 Å². The summed E-state index contributed by atoms with van der Waals surface area (Å²) in [6, 6.07) is 4.96. The topological polar surface area (TPSA) is 56.5 Å². The molecule has 0 unspecified atom stereocenters. The van der Waals surface area contributed by atoms with Gasteiger partial charge in [0.05, 0.1) is 6.10 Å². The number of rotatable bonds is 3. The first kappa shape index (κ1) is 13.3. The highest BCUT2D eigenvalue weighted by molar-refractivity contribution is 6.07. The van der Waals surface area contributed by atoms with Crippen LogP contribution in [0.4, 0.5) is 0 Å². The van der Waals surface area contributed by atoms with Crippen molar-refractivity contribution in [1.82, 2.24) is 0 Å². The zero-order valence-electron chi connectivity index (χ0n) is 11.4. The Labute approximate surface area is 111 Å². The number of carbonyl (C=O) groups is 1. The van der Waals surface area contributed by atoms with Crippen molar-refractivity contribution in [3.05, 3.63) is 39.7 Å². The Kier molecular flexibility index (Phi) is 3.42. The number of benzene rings is 1. The lowest BCUT2D eigenvalue weighted by Gasteiger charge is -2.14. The Bertz CT molecular complexity index is 695. The lowest BCUT2D eigenvalue weighted by molar-refractivity contribution is 0.101. The highest BCUT2D eigenvalue weighted by Gasteiger charge is 2.17. The van der Waals surface area contributed by atoms with Crippen LogP contribution >= 0.6 is 0 Å². The molecular formula is C15H16O4. The van der Waals surface area contributed by atoms with Crippen molar-refractivity contribution in [1.29, 1.82) is 0 Å². The summed E-state index contributed by atoms with van der Waals surface area (Å²) in [5, 5.41) is 0.751. The van der Waals surface area contributed by atoms with Crippen LogP contribution < -0.4 is 10.4 Å². The fourth-order valence-electron chi connectivity index (χ4n) is 2.05. The van der Waals surface area contributed by atoms with Gasteiger partial charge in [-0.1, -0.05) is 0 Å². The molecule has 0 aliphatic heterocycles. The van der Waals surface area contributed by atoms with Gasteiger partial charge >= 0.3 is 5.63 Å². The van der Waals surface area contributed by atoms with E-state index < -0.39 is 5.63 Å². The SMILES string of the molecule is CC(=O)c1c(OC(C)C)ccc2c(C)cc(=O)oc12. The molecule has 0 saturated heterocycles. The Hall–Kier alpha value is -2.10. The summed E-state index contributed by atoms with van der Waals surface area (Å²) in [6.07, 6.45) is -0.0629. The average molecular weight is 260 g/mol. The number of ketones is 1. The summed E-state index contributed by atoms with van der Waals surface area (Å²) in [5.41, 5.74) is 0.946. The lowest BCUT2D eigenvalue weighted by atomic mass is 10.0. The van der Waals surface area contributed by atoms with E-state index in [4.69, 9.17) is 9.15 Å². The van der Waals surface area contributed by atoms with E-state index in [2.05, 4.69) is 0 Å². The standard InChI is InChI=1S/C15H16O4/c1-8(2)18-12-6-5-11-9(3)7-13(17)19-15(11)14(12)10(4)16/h5-8H,1-4H3. The van der Waals surface area contributed by atoms with Crippen LogP contribution in [0.2, 0.25) is 0 Å². The van der Waals surface area contributed by atoms with Crippen LogP contribution in [0.25, 0.3) is 11.0 Å². The third kappa shape index (κ3) is 2.52. The van der Waals surface area contributed by atoms with Crippen molar-refractivity contribution in [2.45, 2.75) is 33.8 Å². The van der Waals surface area contributed by atoms with Gasteiger partial charge in [-0.25, -0.2) is 4.79 Å². The van der Waals surface area contributed by atoms with Crippen LogP contribution in [-0.4, -0.2) is 11.9 Å². The number of fused-ring (bicyclic) bond motifs is 1. The van der Waals surface area contributed by atoms with Crippen LogP contribution in [0, 0.1) is 6.92 Å². The summed E-state index contributed by atoms with van der Waals surface area (Å²) in [5.74, 6) is 0.263. The van der Waals surface area contributed by atoms with Crippen molar-refractivity contribution >= 4 is 16.8 Å². The highest BCUT2D eigenvalue weighted by Crippen LogP contribution is 2.30. The number of carbonyl (C=O) groups excluding carboxylic acids is 1. The highest BCUT2D eigenvalue weighted by atomic mass is 16.5. The first-order chi connectivity index (χ1) is 8.90. The molecule has 0 saturated carbocycles. The fourth-order valence-corrected chi connectivity index (χ4v) is 2.05. The van der Waals surface area contributed by atoms with Crippen LogP contribution in [-0.2, 0) is 0 Å². The molecule has 0 atom stereocenters. The molecule has 2 rings (SSSR count). The molecule has 0 radical (unpaired) electrons. The second-order valence-corrected chi connectivity index (χ2v) is 4.79. The zero-order chi connectivity index (χ0) is 14.2. The van der Waals surface area contributed by atoms with Gasteiger partial charge < -0.3 is 9.15 Å². The van der Waals surface area contributed by atoms with Crippen LogP contribution in [0.5, 0.6) is 5.75 Å². The lowest BCUT2D eigenvalue weighted by Crippen LogP contribution is -2.10. The minimum atomic E-state index is -0.464. The van der Waals surface area contributed by atoms with Crippen molar-refractivity contribution in [3.63, 3.8) is 0 Å². The van der Waals surface area contributed by atoms with Gasteiger partial charge in [-0.2, -0.15) is 0 Å². The molecule has 1 aromatic heterocycles. The molecule has 4 heteroatoms. The second kappa shape index (κ2) is 4.88. The van der Waals surface area contributed by atoms with Crippen molar-refractivity contribution in [2.24, 2.45) is 0 Å². The summed E-state index contributed by atoms with van der Waals surface area (Å²) in [7, 11) is 0. The van der Waals surface area contributed by atoms with Gasteiger partial charge in [-0.05, 0) is 45.4 Å². The monoisotopic (exact) mass is 260 g/mol. The van der Waals surface area contributed by atoms with E-state index >= 15 is 0 Å². The molecule has 0 N–H and O–H groups in total. The maximum Gasteiger partial charge on any atom is 0.336 e. The van der Waals surface area contributed by atoms with Gasteiger partial charge in [0.2, 0.25) is 0 Å². The molecule has 0 spiro atoms. The van der Waals surface area contributed by atoms with E-state index in [1.807, 2.05) is 20.8 Å². The number of hydrogen-bond donors (Lipinski definition) is 0. The fraction of sp³-hybridized carbons (Fsp3) is 0.333.